The lowest BCUT2D eigenvalue weighted by Gasteiger charge is -2.35. The molecule has 0 radical (unpaired) electrons. The number of halogens is 1. The maximum atomic E-state index is 16.0. The Bertz CT molecular complexity index is 1820. The highest BCUT2D eigenvalue weighted by atomic mass is 28.4. The molecule has 6 rings (SSSR count). The number of nitrogens with zero attached hydrogens (tertiary/aromatic N) is 4. The zero-order valence-electron chi connectivity index (χ0n) is 32.0. The lowest BCUT2D eigenvalue weighted by Crippen LogP contribution is -2.49. The van der Waals surface area contributed by atoms with Gasteiger partial charge in [0.1, 0.15) is 5.75 Å². The lowest BCUT2D eigenvalue weighted by molar-refractivity contribution is -0.120. The summed E-state index contributed by atoms with van der Waals surface area (Å²) in [5.74, 6) is 0.574. The zero-order chi connectivity index (χ0) is 38.2. The minimum absolute atomic E-state index is 0.00664. The molecular formula is C42H56FN5O5Si. The van der Waals surface area contributed by atoms with Gasteiger partial charge in [0.25, 0.3) is 0 Å². The summed E-state index contributed by atoms with van der Waals surface area (Å²) in [5.41, 5.74) is 5.32. The third kappa shape index (κ3) is 9.28. The predicted molar refractivity (Wildman–Crippen MR) is 212 cm³/mol. The van der Waals surface area contributed by atoms with Gasteiger partial charge in [-0.25, -0.2) is 0 Å². The molecule has 1 amide bonds. The predicted octanol–water partition coefficient (Wildman–Crippen LogP) is 6.72. The Morgan fingerprint density at radius 3 is 2.59 bits per heavy atom. The maximum Gasteiger partial charge on any atom is 0.249 e. The number of hydrogen-bond donors (Lipinski definition) is 3. The van der Waals surface area contributed by atoms with Crippen LogP contribution in [0.15, 0.2) is 79.0 Å². The fraction of sp³-hybridized carbons (Fsp3) is 0.500. The number of aliphatic hydroxyl groups is 2. The highest BCUT2D eigenvalue weighted by molar-refractivity contribution is 6.72. The van der Waals surface area contributed by atoms with E-state index in [0.29, 0.717) is 44.7 Å². The minimum atomic E-state index is -3.08. The van der Waals surface area contributed by atoms with Crippen LogP contribution >= 0.6 is 0 Å². The number of amides is 1. The van der Waals surface area contributed by atoms with Gasteiger partial charge >= 0.3 is 0 Å². The fourth-order valence-electron chi connectivity index (χ4n) is 8.43. The van der Waals surface area contributed by atoms with Crippen LogP contribution in [0.4, 0.5) is 15.5 Å². The zero-order valence-corrected chi connectivity index (χ0v) is 33.0. The molecule has 1 fully saturated rings. The number of hydrogen-bond acceptors (Lipinski definition) is 8. The molecule has 1 aromatic heterocycles. The number of aromatic nitrogens is 3. The van der Waals surface area contributed by atoms with Crippen LogP contribution < -0.4 is 15.0 Å². The Balaban J connectivity index is 1.14. The second-order valence-electron chi connectivity index (χ2n) is 15.3. The van der Waals surface area contributed by atoms with Crippen molar-refractivity contribution in [2.75, 3.05) is 31.3 Å². The molecule has 54 heavy (non-hydrogen) atoms. The number of fused-ring (bicyclic) bond motifs is 1. The van der Waals surface area contributed by atoms with Gasteiger partial charge in [0.05, 0.1) is 48.8 Å². The normalized spacial score (nSPS) is 22.0. The minimum Gasteiger partial charge on any atom is -0.494 e. The number of unbranched alkanes of at least 4 members (excludes halogenated alkanes) is 1. The number of nitrogens with one attached hydrogen (secondary N) is 1. The van der Waals surface area contributed by atoms with E-state index < -0.39 is 14.4 Å². The number of aryl methyl sites for hydroxylation is 2. The quantitative estimate of drug-likeness (QED) is 0.0581. The molecule has 12 heteroatoms. The molecule has 2 unspecified atom stereocenters. The number of carbonyl (C=O) groups is 1. The molecule has 3 aromatic carbocycles. The van der Waals surface area contributed by atoms with Gasteiger partial charge in [-0.05, 0) is 118 Å². The molecule has 6 atom stereocenters. The molecule has 0 bridgehead atoms. The Morgan fingerprint density at radius 1 is 1.04 bits per heavy atom. The van der Waals surface area contributed by atoms with E-state index in [-0.39, 0.29) is 48.7 Å². The topological polar surface area (TPSA) is 122 Å². The fourth-order valence-corrected chi connectivity index (χ4v) is 11.0. The van der Waals surface area contributed by atoms with E-state index in [4.69, 9.17) is 9.47 Å². The highest BCUT2D eigenvalue weighted by Crippen LogP contribution is 2.47. The van der Waals surface area contributed by atoms with Crippen LogP contribution in [0.25, 0.3) is 0 Å². The summed E-state index contributed by atoms with van der Waals surface area (Å²) in [6.07, 6.45) is 5.67. The van der Waals surface area contributed by atoms with Crippen LogP contribution in [-0.2, 0) is 28.9 Å². The van der Waals surface area contributed by atoms with Crippen molar-refractivity contribution in [1.82, 2.24) is 20.3 Å². The van der Waals surface area contributed by atoms with Crippen molar-refractivity contribution in [2.45, 2.75) is 102 Å². The third-order valence-corrected chi connectivity index (χ3v) is 13.5. The van der Waals surface area contributed by atoms with Crippen molar-refractivity contribution in [3.63, 3.8) is 0 Å². The average molecular weight is 758 g/mol. The van der Waals surface area contributed by atoms with E-state index in [9.17, 15) is 15.0 Å². The third-order valence-electron chi connectivity index (χ3n) is 11.0. The summed E-state index contributed by atoms with van der Waals surface area (Å²) in [6.45, 7) is 9.47. The van der Waals surface area contributed by atoms with Gasteiger partial charge in [0.15, 0.2) is 0 Å². The van der Waals surface area contributed by atoms with Crippen molar-refractivity contribution in [1.29, 1.82) is 0 Å². The molecule has 2 aliphatic heterocycles. The highest BCUT2D eigenvalue weighted by Gasteiger charge is 2.50. The average Bonchev–Trinajstić information content (AvgIpc) is 3.76. The number of carbonyl (C=O) groups excluding carboxylic acids is 1. The summed E-state index contributed by atoms with van der Waals surface area (Å²) in [6, 6.07) is 23.5. The van der Waals surface area contributed by atoms with Crippen LogP contribution in [0, 0.1) is 5.92 Å². The van der Waals surface area contributed by atoms with E-state index in [0.717, 1.165) is 53.1 Å². The molecule has 1 saturated heterocycles. The van der Waals surface area contributed by atoms with Crippen LogP contribution in [0.1, 0.15) is 67.8 Å². The van der Waals surface area contributed by atoms with Gasteiger partial charge in [0, 0.05) is 30.6 Å². The number of benzene rings is 3. The Morgan fingerprint density at radius 2 is 1.85 bits per heavy atom. The molecule has 2 aliphatic rings. The molecular weight excluding hydrogens is 702 g/mol. The summed E-state index contributed by atoms with van der Waals surface area (Å²) in [7, 11) is -3.08. The van der Waals surface area contributed by atoms with Crippen molar-refractivity contribution in [3.8, 4) is 5.75 Å². The standard InChI is InChI=1S/C42H56FN5O5Si/c1-5-52-34-17-18-38-32(25-34)26-36(44-21-9-10-23-49)42(51)48(38)33-15-11-12-30(24-33)16-19-39-29(2)41(54(3,4)43)40(53-39)20-22-47-27-37(45-46-47)35(28-50)31-13-7-6-8-14-31/h6-8,11-15,17-18,24-25,27,29,35-36,39-41,44,49-50H,5,9-10,16,19-23,26,28H2,1-4H3/t29-,35?,36?,39+,40-,41+/m0/s1. The first-order chi connectivity index (χ1) is 26.1. The van der Waals surface area contributed by atoms with E-state index in [1.54, 1.807) is 17.8 Å². The van der Waals surface area contributed by atoms with E-state index in [2.05, 4.69) is 34.7 Å². The van der Waals surface area contributed by atoms with Crippen LogP contribution in [0.5, 0.6) is 5.75 Å². The summed E-state index contributed by atoms with van der Waals surface area (Å²) < 4.78 is 30.3. The SMILES string of the molecule is CCOc1ccc2c(c1)CC(NCCCCO)C(=O)N2c1cccc(CC[C@H]2O[C@@H](CCn3cc(C(CO)c4ccccc4)nn3)[C@H]([Si](C)(C)F)[C@H]2C)c1. The smallest absolute Gasteiger partial charge is 0.249 e. The summed E-state index contributed by atoms with van der Waals surface area (Å²) in [4.78, 5) is 15.9. The lowest BCUT2D eigenvalue weighted by atomic mass is 9.94. The van der Waals surface area contributed by atoms with Crippen LogP contribution in [0.2, 0.25) is 18.6 Å². The number of anilines is 2. The second-order valence-corrected chi connectivity index (χ2v) is 19.0. The molecule has 290 valence electrons. The van der Waals surface area contributed by atoms with E-state index in [1.165, 1.54) is 0 Å². The van der Waals surface area contributed by atoms with Gasteiger partial charge in [-0.3, -0.25) is 14.4 Å². The van der Waals surface area contributed by atoms with Gasteiger partial charge in [-0.15, -0.1) is 5.10 Å². The number of ether oxygens (including phenoxy) is 2. The first-order valence-corrected chi connectivity index (χ1v) is 22.5. The van der Waals surface area contributed by atoms with Gasteiger partial charge in [-0.1, -0.05) is 54.6 Å². The van der Waals surface area contributed by atoms with E-state index in [1.807, 2.05) is 78.7 Å². The molecule has 0 saturated carbocycles. The van der Waals surface area contributed by atoms with Crippen LogP contribution in [-0.4, -0.2) is 84.1 Å². The van der Waals surface area contributed by atoms with Crippen molar-refractivity contribution in [2.24, 2.45) is 5.92 Å². The molecule has 3 heterocycles. The van der Waals surface area contributed by atoms with Crippen molar-refractivity contribution < 1.29 is 28.6 Å². The molecule has 3 N–H and O–H groups in total. The van der Waals surface area contributed by atoms with Gasteiger partial charge in [0.2, 0.25) is 14.3 Å². The maximum absolute atomic E-state index is 16.0. The van der Waals surface area contributed by atoms with Crippen molar-refractivity contribution in [3.05, 3.63) is 101 Å². The Hall–Kier alpha value is -3.94. The number of aliphatic hydroxyl groups excluding tert-OH is 2. The molecule has 10 nitrogen and oxygen atoms in total. The van der Waals surface area contributed by atoms with Gasteiger partial charge < -0.3 is 29.1 Å². The molecule has 0 spiro atoms. The van der Waals surface area contributed by atoms with E-state index >= 15 is 4.11 Å². The van der Waals surface area contributed by atoms with Gasteiger partial charge in [-0.2, -0.15) is 0 Å². The second kappa shape index (κ2) is 18.1. The number of rotatable bonds is 18. The Kier molecular flexibility index (Phi) is 13.3. The molecule has 0 aliphatic carbocycles. The molecule has 4 aromatic rings. The summed E-state index contributed by atoms with van der Waals surface area (Å²) in [5, 5.41) is 31.5. The van der Waals surface area contributed by atoms with Crippen LogP contribution in [0.3, 0.4) is 0 Å². The van der Waals surface area contributed by atoms with Crippen molar-refractivity contribution >= 4 is 25.7 Å². The Labute approximate surface area is 319 Å². The monoisotopic (exact) mass is 757 g/mol. The first kappa shape index (κ1) is 39.7. The first-order valence-electron chi connectivity index (χ1n) is 19.5. The summed E-state index contributed by atoms with van der Waals surface area (Å²) >= 11 is 0. The largest absolute Gasteiger partial charge is 0.494 e.